The van der Waals surface area contributed by atoms with Crippen molar-refractivity contribution < 1.29 is 23.4 Å². The molecule has 4 heterocycles. The number of esters is 1. The lowest BCUT2D eigenvalue weighted by atomic mass is 9.85. The number of hydrogen-bond donors (Lipinski definition) is 0. The van der Waals surface area contributed by atoms with Gasteiger partial charge in [0.2, 0.25) is 5.43 Å². The number of aryl methyl sites for hydroxylation is 2. The van der Waals surface area contributed by atoms with Crippen molar-refractivity contribution in [2.45, 2.75) is 25.3 Å². The summed E-state index contributed by atoms with van der Waals surface area (Å²) in [7, 11) is 3.02. The number of ether oxygens (including phenoxy) is 3. The number of para-hydroxylation sites is 1. The van der Waals surface area contributed by atoms with E-state index >= 15 is 0 Å². The molecule has 2 aliphatic heterocycles. The Bertz CT molecular complexity index is 1950. The molecule has 194 valence electrons. The molecular weight excluding hydrogens is 498 g/mol. The van der Waals surface area contributed by atoms with E-state index in [-0.39, 0.29) is 39.9 Å². The van der Waals surface area contributed by atoms with E-state index in [9.17, 15) is 14.4 Å². The van der Waals surface area contributed by atoms with Gasteiger partial charge in [0.15, 0.2) is 0 Å². The van der Waals surface area contributed by atoms with Crippen LogP contribution in [-0.4, -0.2) is 24.8 Å². The van der Waals surface area contributed by atoms with Gasteiger partial charge in [0.1, 0.15) is 34.5 Å². The van der Waals surface area contributed by atoms with Crippen LogP contribution in [0.15, 0.2) is 74.9 Å². The Balaban J connectivity index is 1.49. The molecule has 2 aliphatic rings. The van der Waals surface area contributed by atoms with E-state index in [1.807, 2.05) is 24.3 Å². The summed E-state index contributed by atoms with van der Waals surface area (Å²) in [4.78, 5) is 40.4. The Morgan fingerprint density at radius 3 is 2.56 bits per heavy atom. The third-order valence-corrected chi connectivity index (χ3v) is 7.78. The first kappa shape index (κ1) is 23.3. The molecule has 3 aromatic carbocycles. The van der Waals surface area contributed by atoms with E-state index in [1.165, 1.54) is 19.4 Å². The van der Waals surface area contributed by atoms with E-state index in [0.717, 1.165) is 22.9 Å². The molecule has 2 aromatic heterocycles. The van der Waals surface area contributed by atoms with E-state index in [0.29, 0.717) is 34.5 Å². The predicted molar refractivity (Wildman–Crippen MR) is 145 cm³/mol. The van der Waals surface area contributed by atoms with Gasteiger partial charge in [0.05, 0.1) is 31.7 Å². The monoisotopic (exact) mass is 521 g/mol. The van der Waals surface area contributed by atoms with Crippen LogP contribution in [0.1, 0.15) is 29.0 Å². The summed E-state index contributed by atoms with van der Waals surface area (Å²) in [5, 5.41) is 1.15. The number of hydrogen-bond acceptors (Lipinski definition) is 7. The lowest BCUT2D eigenvalue weighted by Gasteiger charge is -2.26. The molecule has 0 bridgehead atoms. The highest BCUT2D eigenvalue weighted by atomic mass is 16.5. The van der Waals surface area contributed by atoms with Crippen molar-refractivity contribution in [1.82, 2.24) is 4.57 Å². The number of rotatable bonds is 4. The van der Waals surface area contributed by atoms with Gasteiger partial charge in [-0.2, -0.15) is 0 Å². The lowest BCUT2D eigenvalue weighted by Crippen LogP contribution is -2.29. The summed E-state index contributed by atoms with van der Waals surface area (Å²) >= 11 is 0. The van der Waals surface area contributed by atoms with Gasteiger partial charge in [-0.05, 0) is 41.1 Å². The van der Waals surface area contributed by atoms with Gasteiger partial charge in [-0.15, -0.1) is 0 Å². The first-order valence-corrected chi connectivity index (χ1v) is 12.7. The molecule has 1 atom stereocenters. The fourth-order valence-corrected chi connectivity index (χ4v) is 5.95. The second-order valence-electron chi connectivity index (χ2n) is 9.79. The van der Waals surface area contributed by atoms with Gasteiger partial charge in [-0.25, -0.2) is 0 Å². The van der Waals surface area contributed by atoms with Crippen LogP contribution in [0.4, 0.5) is 0 Å². The molecule has 39 heavy (non-hydrogen) atoms. The second-order valence-corrected chi connectivity index (χ2v) is 9.79. The van der Waals surface area contributed by atoms with Gasteiger partial charge >= 0.3 is 5.97 Å². The van der Waals surface area contributed by atoms with Crippen molar-refractivity contribution in [3.63, 3.8) is 0 Å². The standard InChI is InChI=1S/C31H23NO7/c1-36-19-8-6-16(7-9-19)22-15-38-30-26-20(13-25(33)39-24(26)14-23(37-2)27(30)29(22)34)21-12-18-5-3-4-17-10-11-32(28(17)18)31(21)35/h3-9,12,14-15,20H,10-11,13H2,1-2H3/t20-/m0/s1. The maximum absolute atomic E-state index is 13.9. The van der Waals surface area contributed by atoms with Gasteiger partial charge in [0.25, 0.3) is 5.56 Å². The van der Waals surface area contributed by atoms with Crippen LogP contribution in [0, 0.1) is 0 Å². The molecule has 0 saturated heterocycles. The maximum Gasteiger partial charge on any atom is 0.312 e. The van der Waals surface area contributed by atoms with Crippen LogP contribution in [-0.2, 0) is 17.8 Å². The molecule has 0 N–H and O–H groups in total. The van der Waals surface area contributed by atoms with E-state index in [2.05, 4.69) is 0 Å². The number of benzene rings is 3. The SMILES string of the molecule is COc1ccc(-c2coc3c4c(cc(OC)c3c2=O)OC(=O)C[C@H]4c2cc3cccc4c3n(c2=O)CC4)cc1. The van der Waals surface area contributed by atoms with Crippen LogP contribution in [0.2, 0.25) is 0 Å². The lowest BCUT2D eigenvalue weighted by molar-refractivity contribution is -0.135. The molecule has 5 aromatic rings. The number of carbonyl (C=O) groups is 1. The first-order valence-electron chi connectivity index (χ1n) is 12.7. The van der Waals surface area contributed by atoms with Crippen molar-refractivity contribution in [1.29, 1.82) is 0 Å². The number of nitrogens with zero attached hydrogens (tertiary/aromatic N) is 1. The normalized spacial score (nSPS) is 15.8. The molecular formula is C31H23NO7. The molecule has 7 rings (SSSR count). The van der Waals surface area contributed by atoms with Crippen LogP contribution in [0.5, 0.6) is 17.2 Å². The van der Waals surface area contributed by atoms with Crippen molar-refractivity contribution in [2.24, 2.45) is 0 Å². The van der Waals surface area contributed by atoms with E-state index in [1.54, 1.807) is 35.9 Å². The summed E-state index contributed by atoms with van der Waals surface area (Å²) < 4.78 is 24.3. The van der Waals surface area contributed by atoms with Gasteiger partial charge in [0, 0.05) is 29.7 Å². The van der Waals surface area contributed by atoms with Crippen molar-refractivity contribution >= 4 is 27.8 Å². The largest absolute Gasteiger partial charge is 0.497 e. The molecule has 0 spiro atoms. The minimum Gasteiger partial charge on any atom is -0.497 e. The predicted octanol–water partition coefficient (Wildman–Crippen LogP) is 4.79. The molecule has 8 nitrogen and oxygen atoms in total. The number of aromatic nitrogens is 1. The average molecular weight is 522 g/mol. The average Bonchev–Trinajstić information content (AvgIpc) is 3.40. The zero-order valence-electron chi connectivity index (χ0n) is 21.3. The number of carbonyl (C=O) groups excluding carboxylic acids is 1. The Morgan fingerprint density at radius 1 is 0.974 bits per heavy atom. The Hall–Kier alpha value is -4.85. The van der Waals surface area contributed by atoms with E-state index in [4.69, 9.17) is 18.6 Å². The summed E-state index contributed by atoms with van der Waals surface area (Å²) in [6.07, 6.45) is 2.13. The quantitative estimate of drug-likeness (QED) is 0.248. The minimum absolute atomic E-state index is 0.0567. The fraction of sp³-hybridized carbons (Fsp3) is 0.194. The topological polar surface area (TPSA) is 97.0 Å². The smallest absolute Gasteiger partial charge is 0.312 e. The molecule has 0 fully saturated rings. The third kappa shape index (κ3) is 3.41. The van der Waals surface area contributed by atoms with Gasteiger partial charge in [-0.3, -0.25) is 14.4 Å². The zero-order valence-corrected chi connectivity index (χ0v) is 21.3. The molecule has 0 aliphatic carbocycles. The first-order chi connectivity index (χ1) is 19.0. The second kappa shape index (κ2) is 8.59. The summed E-state index contributed by atoms with van der Waals surface area (Å²) in [6, 6.07) is 16.5. The van der Waals surface area contributed by atoms with Crippen LogP contribution in [0.25, 0.3) is 33.0 Å². The molecule has 0 amide bonds. The molecule has 0 unspecified atom stereocenters. The van der Waals surface area contributed by atoms with Crippen molar-refractivity contribution in [3.8, 4) is 28.4 Å². The highest BCUT2D eigenvalue weighted by Crippen LogP contribution is 2.46. The molecule has 0 saturated carbocycles. The summed E-state index contributed by atoms with van der Waals surface area (Å²) in [6.45, 7) is 0.580. The summed E-state index contributed by atoms with van der Waals surface area (Å²) in [5.74, 6) is -0.0249. The zero-order chi connectivity index (χ0) is 26.8. The highest BCUT2D eigenvalue weighted by Gasteiger charge is 2.36. The van der Waals surface area contributed by atoms with Crippen molar-refractivity contribution in [2.75, 3.05) is 14.2 Å². The van der Waals surface area contributed by atoms with Crippen LogP contribution < -0.4 is 25.2 Å². The number of pyridine rings is 1. The molecule has 0 radical (unpaired) electrons. The Morgan fingerprint density at radius 2 is 1.79 bits per heavy atom. The van der Waals surface area contributed by atoms with Gasteiger partial charge < -0.3 is 23.2 Å². The number of fused-ring (bicyclic) bond motifs is 3. The Labute approximate surface area is 222 Å². The van der Waals surface area contributed by atoms with Crippen molar-refractivity contribution in [3.05, 3.63) is 98.1 Å². The number of methoxy groups -OCH3 is 2. The van der Waals surface area contributed by atoms with Gasteiger partial charge in [-0.1, -0.05) is 30.3 Å². The minimum atomic E-state index is -0.658. The maximum atomic E-state index is 13.9. The third-order valence-electron chi connectivity index (χ3n) is 7.78. The molecule has 8 heteroatoms. The summed E-state index contributed by atoms with van der Waals surface area (Å²) in [5.41, 5.74) is 3.80. The highest BCUT2D eigenvalue weighted by molar-refractivity contribution is 5.95. The van der Waals surface area contributed by atoms with Crippen LogP contribution >= 0.6 is 0 Å². The van der Waals surface area contributed by atoms with Crippen LogP contribution in [0.3, 0.4) is 0 Å². The fourth-order valence-electron chi connectivity index (χ4n) is 5.95. The Kier molecular flexibility index (Phi) is 5.13. The van der Waals surface area contributed by atoms with E-state index < -0.39 is 11.9 Å².